The Labute approximate surface area is 178 Å². The first-order valence-electron chi connectivity index (χ1n) is 10.3. The third-order valence-corrected chi connectivity index (χ3v) is 5.48. The van der Waals surface area contributed by atoms with Crippen molar-refractivity contribution in [1.82, 2.24) is 10.2 Å². The van der Waals surface area contributed by atoms with Gasteiger partial charge in [0.1, 0.15) is 6.23 Å². The Balaban J connectivity index is 1.56. The van der Waals surface area contributed by atoms with Crippen LogP contribution in [0.25, 0.3) is 11.1 Å². The lowest BCUT2D eigenvalue weighted by Gasteiger charge is -2.39. The van der Waals surface area contributed by atoms with E-state index in [-0.39, 0.29) is 6.04 Å². The van der Waals surface area contributed by atoms with Gasteiger partial charge in [0.05, 0.1) is 19.8 Å². The molecule has 2 N–H and O–H groups in total. The van der Waals surface area contributed by atoms with Crippen molar-refractivity contribution in [1.29, 1.82) is 0 Å². The number of hydrogen-bond donors (Lipinski definition) is 2. The van der Waals surface area contributed by atoms with Crippen molar-refractivity contribution in [2.24, 2.45) is 0 Å². The van der Waals surface area contributed by atoms with Crippen molar-refractivity contribution >= 4 is 11.6 Å². The fourth-order valence-corrected chi connectivity index (χ4v) is 3.78. The molecule has 5 nitrogen and oxygen atoms in total. The van der Waals surface area contributed by atoms with Crippen LogP contribution in [-0.2, 0) is 15.9 Å². The van der Waals surface area contributed by atoms with Gasteiger partial charge in [-0.25, -0.2) is 0 Å². The zero-order chi connectivity index (χ0) is 20.5. The fourth-order valence-electron chi connectivity index (χ4n) is 3.65. The molecule has 0 aromatic heterocycles. The van der Waals surface area contributed by atoms with Gasteiger partial charge in [0.2, 0.25) is 0 Å². The summed E-state index contributed by atoms with van der Waals surface area (Å²) in [4.78, 5) is 2.14. The lowest BCUT2D eigenvalue weighted by molar-refractivity contribution is -0.0884. The Kier molecular flexibility index (Phi) is 8.92. The number of nitrogens with one attached hydrogen (secondary N) is 1. The maximum Gasteiger partial charge on any atom is 0.131 e. The predicted molar refractivity (Wildman–Crippen MR) is 117 cm³/mol. The summed E-state index contributed by atoms with van der Waals surface area (Å²) in [6, 6.07) is 16.7. The Hall–Kier alpha value is -1.47. The molecule has 0 bridgehead atoms. The van der Waals surface area contributed by atoms with E-state index in [2.05, 4.69) is 34.5 Å². The van der Waals surface area contributed by atoms with Crippen LogP contribution >= 0.6 is 11.6 Å². The lowest BCUT2D eigenvalue weighted by atomic mass is 9.99. The maximum atomic E-state index is 10.6. The molecule has 0 radical (unpaired) electrons. The van der Waals surface area contributed by atoms with E-state index in [0.717, 1.165) is 36.6 Å². The van der Waals surface area contributed by atoms with Gasteiger partial charge in [0, 0.05) is 37.3 Å². The molecule has 0 spiro atoms. The van der Waals surface area contributed by atoms with Crippen molar-refractivity contribution in [3.05, 3.63) is 59.1 Å². The number of rotatable bonds is 10. The Morgan fingerprint density at radius 1 is 1.07 bits per heavy atom. The number of aliphatic hydroxyl groups is 1. The van der Waals surface area contributed by atoms with Gasteiger partial charge in [-0.2, -0.15) is 0 Å². The molecular weight excluding hydrogens is 388 g/mol. The lowest BCUT2D eigenvalue weighted by Crippen LogP contribution is -2.57. The molecule has 1 fully saturated rings. The van der Waals surface area contributed by atoms with Gasteiger partial charge in [0.25, 0.3) is 0 Å². The summed E-state index contributed by atoms with van der Waals surface area (Å²) in [7, 11) is 0. The van der Waals surface area contributed by atoms with E-state index in [1.807, 2.05) is 31.2 Å². The van der Waals surface area contributed by atoms with E-state index in [4.69, 9.17) is 21.1 Å². The third kappa shape index (κ3) is 6.78. The van der Waals surface area contributed by atoms with Crippen molar-refractivity contribution in [2.75, 3.05) is 46.1 Å². The summed E-state index contributed by atoms with van der Waals surface area (Å²) in [5.74, 6) is 0. The molecule has 1 aliphatic heterocycles. The second-order valence-corrected chi connectivity index (χ2v) is 7.69. The first-order valence-corrected chi connectivity index (χ1v) is 10.7. The van der Waals surface area contributed by atoms with Crippen LogP contribution in [0.5, 0.6) is 0 Å². The topological polar surface area (TPSA) is 54.0 Å². The highest BCUT2D eigenvalue weighted by molar-refractivity contribution is 6.30. The highest BCUT2D eigenvalue weighted by atomic mass is 35.5. The van der Waals surface area contributed by atoms with Gasteiger partial charge >= 0.3 is 0 Å². The maximum absolute atomic E-state index is 10.6. The molecule has 158 valence electrons. The van der Waals surface area contributed by atoms with Crippen LogP contribution in [0.3, 0.4) is 0 Å². The summed E-state index contributed by atoms with van der Waals surface area (Å²) < 4.78 is 10.8. The molecule has 2 aromatic carbocycles. The second kappa shape index (κ2) is 11.6. The SMILES string of the molecule is CCOCCOCC(O)N1CCNCC1Cc1ccc(-c2ccc(Cl)cc2)cc1. The minimum atomic E-state index is -0.600. The van der Waals surface area contributed by atoms with Crippen LogP contribution in [0.4, 0.5) is 0 Å². The monoisotopic (exact) mass is 418 g/mol. The third-order valence-electron chi connectivity index (χ3n) is 5.22. The predicted octanol–water partition coefficient (Wildman–Crippen LogP) is 3.19. The van der Waals surface area contributed by atoms with Gasteiger partial charge in [-0.3, -0.25) is 4.90 Å². The minimum absolute atomic E-state index is 0.232. The standard InChI is InChI=1S/C23H31ClN2O3/c1-2-28-13-14-29-17-23(27)26-12-11-25-16-22(26)15-18-3-5-19(6-4-18)20-7-9-21(24)10-8-20/h3-10,22-23,25,27H,2,11-17H2,1H3. The summed E-state index contributed by atoms with van der Waals surface area (Å²) in [6.45, 7) is 6.56. The summed E-state index contributed by atoms with van der Waals surface area (Å²) in [6.07, 6.45) is 0.279. The fraction of sp³-hybridized carbons (Fsp3) is 0.478. The van der Waals surface area contributed by atoms with Crippen molar-refractivity contribution in [3.63, 3.8) is 0 Å². The van der Waals surface area contributed by atoms with Crippen molar-refractivity contribution < 1.29 is 14.6 Å². The molecule has 3 rings (SSSR count). The minimum Gasteiger partial charge on any atom is -0.379 e. The van der Waals surface area contributed by atoms with E-state index >= 15 is 0 Å². The van der Waals surface area contributed by atoms with Gasteiger partial charge in [-0.1, -0.05) is 48.0 Å². The molecule has 2 atom stereocenters. The Morgan fingerprint density at radius 2 is 1.72 bits per heavy atom. The molecular formula is C23H31ClN2O3. The molecule has 2 aromatic rings. The smallest absolute Gasteiger partial charge is 0.131 e. The van der Waals surface area contributed by atoms with E-state index in [1.54, 1.807) is 0 Å². The number of ether oxygens (including phenoxy) is 2. The highest BCUT2D eigenvalue weighted by Crippen LogP contribution is 2.23. The van der Waals surface area contributed by atoms with E-state index < -0.39 is 6.23 Å². The number of aliphatic hydroxyl groups excluding tert-OH is 1. The number of nitrogens with zero attached hydrogens (tertiary/aromatic N) is 1. The molecule has 0 aliphatic carbocycles. The van der Waals surface area contributed by atoms with Gasteiger partial charge in [0.15, 0.2) is 0 Å². The highest BCUT2D eigenvalue weighted by Gasteiger charge is 2.27. The normalized spacial score (nSPS) is 18.7. The van der Waals surface area contributed by atoms with Gasteiger partial charge in [-0.15, -0.1) is 0 Å². The second-order valence-electron chi connectivity index (χ2n) is 7.26. The molecule has 29 heavy (non-hydrogen) atoms. The molecule has 2 unspecified atom stereocenters. The molecule has 0 amide bonds. The number of piperazine rings is 1. The average molecular weight is 419 g/mol. The molecule has 1 aliphatic rings. The molecule has 1 heterocycles. The molecule has 1 saturated heterocycles. The Bertz CT molecular complexity index is 724. The largest absolute Gasteiger partial charge is 0.379 e. The summed E-state index contributed by atoms with van der Waals surface area (Å²) in [5.41, 5.74) is 3.58. The first-order chi connectivity index (χ1) is 14.2. The van der Waals surface area contributed by atoms with Crippen LogP contribution < -0.4 is 5.32 Å². The van der Waals surface area contributed by atoms with Crippen molar-refractivity contribution in [2.45, 2.75) is 25.6 Å². The van der Waals surface area contributed by atoms with E-state index in [1.165, 1.54) is 11.1 Å². The van der Waals surface area contributed by atoms with Gasteiger partial charge in [-0.05, 0) is 42.2 Å². The molecule has 0 saturated carbocycles. The van der Waals surface area contributed by atoms with Crippen molar-refractivity contribution in [3.8, 4) is 11.1 Å². The van der Waals surface area contributed by atoms with Crippen LogP contribution in [0.15, 0.2) is 48.5 Å². The van der Waals surface area contributed by atoms with E-state index in [9.17, 15) is 5.11 Å². The van der Waals surface area contributed by atoms with E-state index in [0.29, 0.717) is 26.4 Å². The summed E-state index contributed by atoms with van der Waals surface area (Å²) in [5, 5.41) is 14.8. The van der Waals surface area contributed by atoms with Crippen LogP contribution in [0.2, 0.25) is 5.02 Å². The average Bonchev–Trinajstić information content (AvgIpc) is 2.75. The zero-order valence-electron chi connectivity index (χ0n) is 17.0. The number of hydrogen-bond acceptors (Lipinski definition) is 5. The van der Waals surface area contributed by atoms with Gasteiger partial charge < -0.3 is 19.9 Å². The Morgan fingerprint density at radius 3 is 2.41 bits per heavy atom. The quantitative estimate of drug-likeness (QED) is 0.580. The summed E-state index contributed by atoms with van der Waals surface area (Å²) >= 11 is 5.98. The number of halogens is 1. The van der Waals surface area contributed by atoms with Crippen LogP contribution in [0, 0.1) is 0 Å². The molecule has 6 heteroatoms. The van der Waals surface area contributed by atoms with Crippen LogP contribution in [0.1, 0.15) is 12.5 Å². The number of benzene rings is 2. The van der Waals surface area contributed by atoms with Crippen LogP contribution in [-0.4, -0.2) is 68.3 Å². The zero-order valence-corrected chi connectivity index (χ0v) is 17.8. The first kappa shape index (κ1) is 22.2.